The zero-order chi connectivity index (χ0) is 10.1. The molecule has 0 amide bonds. The van der Waals surface area contributed by atoms with E-state index in [1.54, 1.807) is 6.92 Å². The van der Waals surface area contributed by atoms with E-state index in [1.807, 2.05) is 0 Å². The Morgan fingerprint density at radius 3 is 2.77 bits per heavy atom. The average molecular weight is 208 g/mol. The Balaban J connectivity index is 2.75. The zero-order valence-electron chi connectivity index (χ0n) is 7.23. The molecule has 1 rings (SSSR count). The van der Waals surface area contributed by atoms with Crippen molar-refractivity contribution in [3.8, 4) is 0 Å². The molecule has 76 valence electrons. The van der Waals surface area contributed by atoms with Crippen molar-refractivity contribution < 1.29 is 18.3 Å². The number of nitrogens with zero attached hydrogens (tertiary/aromatic N) is 1. The average Bonchev–Trinajstić information content (AvgIpc) is 2.03. The van der Waals surface area contributed by atoms with Gasteiger partial charge in [0.15, 0.2) is 0 Å². The minimum absolute atomic E-state index is 0.0197. The first-order chi connectivity index (χ1) is 5.97. The summed E-state index contributed by atoms with van der Waals surface area (Å²) in [5.41, 5.74) is 0. The van der Waals surface area contributed by atoms with Crippen LogP contribution in [0.3, 0.4) is 0 Å². The zero-order valence-corrected chi connectivity index (χ0v) is 8.04. The van der Waals surface area contributed by atoms with E-state index in [0.717, 1.165) is 4.31 Å². The van der Waals surface area contributed by atoms with Crippen LogP contribution in [0.5, 0.6) is 0 Å². The molecule has 7 heteroatoms. The minimum atomic E-state index is -3.42. The second-order valence-corrected chi connectivity index (χ2v) is 4.59. The molecule has 0 aromatic heterocycles. The maximum Gasteiger partial charge on any atom is 0.309 e. The molecular formula is C6H12N2O4S. The van der Waals surface area contributed by atoms with E-state index < -0.39 is 22.1 Å². The molecule has 0 bridgehead atoms. The molecule has 1 atom stereocenters. The monoisotopic (exact) mass is 208 g/mol. The lowest BCUT2D eigenvalue weighted by atomic mass is 10.1. The van der Waals surface area contributed by atoms with Gasteiger partial charge < -0.3 is 5.11 Å². The van der Waals surface area contributed by atoms with Crippen molar-refractivity contribution in [2.45, 2.75) is 6.92 Å². The van der Waals surface area contributed by atoms with Crippen LogP contribution < -0.4 is 4.72 Å². The summed E-state index contributed by atoms with van der Waals surface area (Å²) >= 11 is 0. The summed E-state index contributed by atoms with van der Waals surface area (Å²) in [6.45, 7) is 2.00. The topological polar surface area (TPSA) is 86.7 Å². The van der Waals surface area contributed by atoms with Crippen LogP contribution in [0.2, 0.25) is 0 Å². The second kappa shape index (κ2) is 3.60. The third-order valence-corrected chi connectivity index (χ3v) is 3.60. The maximum absolute atomic E-state index is 11.2. The van der Waals surface area contributed by atoms with Gasteiger partial charge in [-0.05, 0) is 0 Å². The molecule has 0 spiro atoms. The smallest absolute Gasteiger partial charge is 0.309 e. The fourth-order valence-corrected chi connectivity index (χ4v) is 2.48. The fourth-order valence-electron chi connectivity index (χ4n) is 1.17. The second-order valence-electron chi connectivity index (χ2n) is 2.84. The Kier molecular flexibility index (Phi) is 2.89. The molecule has 2 N–H and O–H groups in total. The SMILES string of the molecule is CCN1CC(C(=O)O)CNS1(=O)=O. The van der Waals surface area contributed by atoms with Crippen LogP contribution in [0.25, 0.3) is 0 Å². The maximum atomic E-state index is 11.2. The van der Waals surface area contributed by atoms with Crippen molar-refractivity contribution >= 4 is 16.2 Å². The standard InChI is InChI=1S/C6H12N2O4S/c1-2-8-4-5(6(9)10)3-7-13(8,11)12/h5,7H,2-4H2,1H3,(H,9,10). The number of carboxylic acid groups (broad SMARTS) is 1. The highest BCUT2D eigenvalue weighted by Crippen LogP contribution is 2.10. The summed E-state index contributed by atoms with van der Waals surface area (Å²) in [5, 5.41) is 8.66. The van der Waals surface area contributed by atoms with Crippen molar-refractivity contribution in [3.05, 3.63) is 0 Å². The van der Waals surface area contributed by atoms with Crippen molar-refractivity contribution in [2.75, 3.05) is 19.6 Å². The van der Waals surface area contributed by atoms with Crippen LogP contribution in [0, 0.1) is 5.92 Å². The summed E-state index contributed by atoms with van der Waals surface area (Å²) in [7, 11) is -3.42. The molecule has 1 aliphatic heterocycles. The van der Waals surface area contributed by atoms with E-state index in [1.165, 1.54) is 0 Å². The van der Waals surface area contributed by atoms with Crippen LogP contribution in [-0.2, 0) is 15.0 Å². The van der Waals surface area contributed by atoms with Crippen molar-refractivity contribution in [1.82, 2.24) is 9.03 Å². The van der Waals surface area contributed by atoms with Crippen LogP contribution in [0.4, 0.5) is 0 Å². The van der Waals surface area contributed by atoms with Gasteiger partial charge >= 0.3 is 5.97 Å². The largest absolute Gasteiger partial charge is 0.481 e. The molecule has 1 aliphatic rings. The summed E-state index contributed by atoms with van der Waals surface area (Å²) in [4.78, 5) is 10.6. The van der Waals surface area contributed by atoms with E-state index in [2.05, 4.69) is 4.72 Å². The van der Waals surface area contributed by atoms with Crippen LogP contribution >= 0.6 is 0 Å². The van der Waals surface area contributed by atoms with Gasteiger partial charge in [-0.3, -0.25) is 4.79 Å². The lowest BCUT2D eigenvalue weighted by molar-refractivity contribution is -0.141. The van der Waals surface area contributed by atoms with Gasteiger partial charge in [-0.15, -0.1) is 0 Å². The van der Waals surface area contributed by atoms with Gasteiger partial charge in [-0.1, -0.05) is 6.92 Å². The molecule has 0 radical (unpaired) electrons. The van der Waals surface area contributed by atoms with Crippen molar-refractivity contribution in [1.29, 1.82) is 0 Å². The number of hydrogen-bond donors (Lipinski definition) is 2. The molecule has 1 fully saturated rings. The first-order valence-corrected chi connectivity index (χ1v) is 5.39. The first-order valence-electron chi connectivity index (χ1n) is 3.95. The van der Waals surface area contributed by atoms with E-state index in [-0.39, 0.29) is 13.1 Å². The Bertz CT molecular complexity index is 300. The van der Waals surface area contributed by atoms with E-state index in [9.17, 15) is 13.2 Å². The molecule has 1 heterocycles. The van der Waals surface area contributed by atoms with Crippen molar-refractivity contribution in [2.24, 2.45) is 5.92 Å². The summed E-state index contributed by atoms with van der Waals surface area (Å²) < 4.78 is 25.7. The molecule has 1 saturated heterocycles. The Morgan fingerprint density at radius 1 is 1.69 bits per heavy atom. The van der Waals surface area contributed by atoms with Gasteiger partial charge in [0.05, 0.1) is 5.92 Å². The van der Waals surface area contributed by atoms with Crippen LogP contribution in [0.15, 0.2) is 0 Å². The number of nitrogens with one attached hydrogen (secondary N) is 1. The number of rotatable bonds is 2. The molecule has 1 unspecified atom stereocenters. The Hall–Kier alpha value is -0.660. The third-order valence-electron chi connectivity index (χ3n) is 1.98. The quantitative estimate of drug-likeness (QED) is 0.600. The predicted octanol–water partition coefficient (Wildman–Crippen LogP) is -1.14. The minimum Gasteiger partial charge on any atom is -0.481 e. The van der Waals surface area contributed by atoms with Gasteiger partial charge in [0.1, 0.15) is 0 Å². The predicted molar refractivity (Wildman–Crippen MR) is 45.3 cm³/mol. The summed E-state index contributed by atoms with van der Waals surface area (Å²) in [6.07, 6.45) is 0. The number of carboxylic acids is 1. The molecule has 0 saturated carbocycles. The highest BCUT2D eigenvalue weighted by Gasteiger charge is 2.33. The van der Waals surface area contributed by atoms with Crippen LogP contribution in [0.1, 0.15) is 6.92 Å². The third kappa shape index (κ3) is 2.17. The first kappa shape index (κ1) is 10.4. The Morgan fingerprint density at radius 2 is 2.31 bits per heavy atom. The highest BCUT2D eigenvalue weighted by molar-refractivity contribution is 7.87. The highest BCUT2D eigenvalue weighted by atomic mass is 32.2. The lowest BCUT2D eigenvalue weighted by Crippen LogP contribution is -2.53. The summed E-state index contributed by atoms with van der Waals surface area (Å²) in [6, 6.07) is 0. The van der Waals surface area contributed by atoms with Gasteiger partial charge in [0.2, 0.25) is 0 Å². The van der Waals surface area contributed by atoms with E-state index in [4.69, 9.17) is 5.11 Å². The van der Waals surface area contributed by atoms with Gasteiger partial charge in [0.25, 0.3) is 10.2 Å². The number of aliphatic carboxylic acids is 1. The molecule has 0 aromatic carbocycles. The lowest BCUT2D eigenvalue weighted by Gasteiger charge is -2.29. The van der Waals surface area contributed by atoms with Gasteiger partial charge in [0, 0.05) is 19.6 Å². The molecular weight excluding hydrogens is 196 g/mol. The fraction of sp³-hybridized carbons (Fsp3) is 0.833. The van der Waals surface area contributed by atoms with Crippen molar-refractivity contribution in [3.63, 3.8) is 0 Å². The summed E-state index contributed by atoms with van der Waals surface area (Å²) in [5.74, 6) is -1.62. The molecule has 0 aliphatic carbocycles. The molecule has 6 nitrogen and oxygen atoms in total. The van der Waals surface area contributed by atoms with Gasteiger partial charge in [-0.25, -0.2) is 4.72 Å². The number of hydrogen-bond acceptors (Lipinski definition) is 3. The number of carbonyl (C=O) groups is 1. The molecule has 13 heavy (non-hydrogen) atoms. The normalized spacial score (nSPS) is 28.5. The molecule has 0 aromatic rings. The van der Waals surface area contributed by atoms with Gasteiger partial charge in [-0.2, -0.15) is 12.7 Å². The van der Waals surface area contributed by atoms with E-state index >= 15 is 0 Å². The van der Waals surface area contributed by atoms with E-state index in [0.29, 0.717) is 6.54 Å². The Labute approximate surface area is 76.7 Å². The van der Waals surface area contributed by atoms with Crippen LogP contribution in [-0.4, -0.2) is 43.4 Å².